The molecule has 0 spiro atoms. The van der Waals surface area contributed by atoms with Crippen LogP contribution in [0, 0.1) is 0 Å². The van der Waals surface area contributed by atoms with Gasteiger partial charge in [0.05, 0.1) is 0 Å². The molecule has 0 bridgehead atoms. The largest absolute Gasteiger partial charge is 0.383 e. The van der Waals surface area contributed by atoms with Gasteiger partial charge in [-0.15, -0.1) is 0 Å². The molecule has 4 nitrogen and oxygen atoms in total. The van der Waals surface area contributed by atoms with Crippen molar-refractivity contribution in [3.05, 3.63) is 218 Å². The molecule has 3 heterocycles. The second kappa shape index (κ2) is 14.1. The Balaban J connectivity index is 1.01. The summed E-state index contributed by atoms with van der Waals surface area (Å²) in [7, 11) is 0. The number of aromatic nitrogens is 3. The van der Waals surface area contributed by atoms with Crippen molar-refractivity contribution in [2.75, 3.05) is 4.81 Å². The van der Waals surface area contributed by atoms with E-state index in [9.17, 15) is 0 Å². The fraction of sp³-hybridized carbons (Fsp3) is 0. The number of nitrogens with zero attached hydrogens (tertiary/aromatic N) is 4. The molecule has 0 amide bonds. The van der Waals surface area contributed by atoms with Gasteiger partial charge in [0.2, 0.25) is 0 Å². The van der Waals surface area contributed by atoms with Crippen LogP contribution in [-0.2, 0) is 0 Å². The molecule has 8 aromatic carbocycles. The summed E-state index contributed by atoms with van der Waals surface area (Å²) in [6.07, 6.45) is 4.34. The van der Waals surface area contributed by atoms with Crippen LogP contribution < -0.4 is 10.3 Å². The molecule has 0 atom stereocenters. The number of fused-ring (bicyclic) bond motifs is 7. The Morgan fingerprint density at radius 2 is 0.914 bits per heavy atom. The molecule has 0 aliphatic carbocycles. The second-order valence-electron chi connectivity index (χ2n) is 14.9. The Bertz CT molecular complexity index is 3010. The van der Waals surface area contributed by atoms with Crippen LogP contribution >= 0.6 is 0 Å². The summed E-state index contributed by atoms with van der Waals surface area (Å²) in [5.74, 6) is 4.26. The Morgan fingerprint density at radius 1 is 0.362 bits per heavy atom. The molecule has 270 valence electrons. The SMILES string of the molecule is C1=CN2B(C=C1c1nc(-c3ccccc3)nc(-c3ccc4ccccc4c3)n1)c1ccccc1-c1cc(-c3cc(-c4ccccc4)cc(-c4ccccc4)c3)ccc12. The quantitative estimate of drug-likeness (QED) is 0.159. The number of benzene rings is 8. The molecule has 58 heavy (non-hydrogen) atoms. The van der Waals surface area contributed by atoms with Gasteiger partial charge in [-0.2, -0.15) is 0 Å². The lowest BCUT2D eigenvalue weighted by Crippen LogP contribution is -2.49. The van der Waals surface area contributed by atoms with Gasteiger partial charge in [-0.3, -0.25) is 0 Å². The van der Waals surface area contributed by atoms with Crippen molar-refractivity contribution in [2.45, 2.75) is 0 Å². The van der Waals surface area contributed by atoms with Gasteiger partial charge in [0.1, 0.15) is 0 Å². The molecule has 1 aromatic heterocycles. The topological polar surface area (TPSA) is 41.9 Å². The second-order valence-corrected chi connectivity index (χ2v) is 14.9. The summed E-state index contributed by atoms with van der Waals surface area (Å²) < 4.78 is 0. The standard InChI is InChI=1S/C53H35BN4/c1-4-14-36(15-5-1)44-31-45(37-16-6-2-7-17-37)33-46(32-44)41-26-27-50-48(34-41)47-22-12-13-23-49(47)54-35-43(28-29-58(50)54)53-56-51(39-19-8-3-9-20-39)55-52(57-53)42-25-24-38-18-10-11-21-40(38)30-42/h1-35H. The van der Waals surface area contributed by atoms with E-state index in [4.69, 9.17) is 15.0 Å². The molecule has 0 saturated carbocycles. The highest BCUT2D eigenvalue weighted by atomic mass is 15.1. The summed E-state index contributed by atoms with van der Waals surface area (Å²) in [4.78, 5) is 17.6. The maximum absolute atomic E-state index is 5.14. The van der Waals surface area contributed by atoms with Gasteiger partial charge in [0.15, 0.2) is 17.5 Å². The first-order valence-corrected chi connectivity index (χ1v) is 19.7. The lowest BCUT2D eigenvalue weighted by atomic mass is 9.49. The lowest BCUT2D eigenvalue weighted by Gasteiger charge is -2.37. The van der Waals surface area contributed by atoms with Gasteiger partial charge in [-0.25, -0.2) is 15.0 Å². The first-order chi connectivity index (χ1) is 28.7. The monoisotopic (exact) mass is 738 g/mol. The summed E-state index contributed by atoms with van der Waals surface area (Å²) in [6.45, 7) is -0.0401. The van der Waals surface area contributed by atoms with Crippen molar-refractivity contribution in [1.29, 1.82) is 0 Å². The van der Waals surface area contributed by atoms with Crippen LogP contribution in [0.2, 0.25) is 0 Å². The molecule has 2 aliphatic heterocycles. The van der Waals surface area contributed by atoms with E-state index >= 15 is 0 Å². The average Bonchev–Trinajstić information content (AvgIpc) is 3.31. The van der Waals surface area contributed by atoms with Crippen molar-refractivity contribution >= 4 is 34.3 Å². The van der Waals surface area contributed by atoms with Gasteiger partial charge >= 0.3 is 6.85 Å². The number of rotatable bonds is 6. The number of anilines is 1. The third kappa shape index (κ3) is 6.10. The van der Waals surface area contributed by atoms with E-state index in [1.807, 2.05) is 18.2 Å². The number of allylic oxidation sites excluding steroid dienone is 2. The van der Waals surface area contributed by atoms with Crippen molar-refractivity contribution < 1.29 is 0 Å². The van der Waals surface area contributed by atoms with Crippen LogP contribution in [0.4, 0.5) is 5.69 Å². The normalized spacial score (nSPS) is 12.8. The van der Waals surface area contributed by atoms with Crippen molar-refractivity contribution in [1.82, 2.24) is 15.0 Å². The van der Waals surface area contributed by atoms with Gasteiger partial charge in [-0.1, -0.05) is 164 Å². The molecule has 5 heteroatoms. The molecule has 9 aromatic rings. The van der Waals surface area contributed by atoms with Crippen LogP contribution in [0.25, 0.3) is 83.6 Å². The molecule has 0 N–H and O–H groups in total. The van der Waals surface area contributed by atoms with Gasteiger partial charge < -0.3 is 4.81 Å². The predicted octanol–water partition coefficient (Wildman–Crippen LogP) is 12.2. The Labute approximate surface area is 338 Å². The zero-order valence-corrected chi connectivity index (χ0v) is 31.6. The first-order valence-electron chi connectivity index (χ1n) is 19.7. The van der Waals surface area contributed by atoms with E-state index in [1.54, 1.807) is 0 Å². The van der Waals surface area contributed by atoms with Gasteiger partial charge in [0.25, 0.3) is 0 Å². The van der Waals surface area contributed by atoms with Gasteiger partial charge in [0, 0.05) is 28.0 Å². The minimum absolute atomic E-state index is 0.0401. The zero-order chi connectivity index (χ0) is 38.4. The molecule has 0 fully saturated rings. The first kappa shape index (κ1) is 33.7. The van der Waals surface area contributed by atoms with Crippen LogP contribution in [-0.4, -0.2) is 21.8 Å². The average molecular weight is 739 g/mol. The highest BCUT2D eigenvalue weighted by molar-refractivity contribution is 6.84. The summed E-state index contributed by atoms with van der Waals surface area (Å²) >= 11 is 0. The molecule has 11 rings (SSSR count). The summed E-state index contributed by atoms with van der Waals surface area (Å²) in [5, 5.41) is 2.33. The van der Waals surface area contributed by atoms with Crippen LogP contribution in [0.5, 0.6) is 0 Å². The third-order valence-electron chi connectivity index (χ3n) is 11.3. The zero-order valence-electron chi connectivity index (χ0n) is 31.6. The third-order valence-corrected chi connectivity index (χ3v) is 11.3. The Hall–Kier alpha value is -7.63. The maximum Gasteiger partial charge on any atom is 0.321 e. The minimum atomic E-state index is -0.0401. The van der Waals surface area contributed by atoms with Crippen LogP contribution in [0.15, 0.2) is 212 Å². The lowest BCUT2D eigenvalue weighted by molar-refractivity contribution is 1.04. The van der Waals surface area contributed by atoms with E-state index in [-0.39, 0.29) is 6.85 Å². The molecular formula is C53H35BN4. The van der Waals surface area contributed by atoms with Crippen LogP contribution in [0.1, 0.15) is 5.82 Å². The predicted molar refractivity (Wildman–Crippen MR) is 241 cm³/mol. The van der Waals surface area contributed by atoms with Crippen molar-refractivity contribution in [3.63, 3.8) is 0 Å². The maximum atomic E-state index is 5.14. The highest BCUT2D eigenvalue weighted by Crippen LogP contribution is 2.42. The number of hydrogen-bond acceptors (Lipinski definition) is 4. The fourth-order valence-electron chi connectivity index (χ4n) is 8.40. The van der Waals surface area contributed by atoms with E-state index in [2.05, 4.69) is 199 Å². The van der Waals surface area contributed by atoms with E-state index in [1.165, 1.54) is 61.0 Å². The van der Waals surface area contributed by atoms with Crippen molar-refractivity contribution in [2.24, 2.45) is 0 Å². The molecule has 2 aliphatic rings. The van der Waals surface area contributed by atoms with Crippen molar-refractivity contribution in [3.8, 4) is 67.3 Å². The number of hydrogen-bond donors (Lipinski definition) is 0. The summed E-state index contributed by atoms with van der Waals surface area (Å²) in [6, 6.07) is 68.9. The highest BCUT2D eigenvalue weighted by Gasteiger charge is 2.35. The minimum Gasteiger partial charge on any atom is -0.383 e. The van der Waals surface area contributed by atoms with E-state index in [0.717, 1.165) is 22.1 Å². The Morgan fingerprint density at radius 3 is 1.62 bits per heavy atom. The van der Waals surface area contributed by atoms with Crippen LogP contribution in [0.3, 0.4) is 0 Å². The summed E-state index contributed by atoms with van der Waals surface area (Å²) in [5.41, 5.74) is 14.9. The van der Waals surface area contributed by atoms with E-state index < -0.39 is 0 Å². The fourth-order valence-corrected chi connectivity index (χ4v) is 8.40. The molecular weight excluding hydrogens is 703 g/mol. The molecule has 0 saturated heterocycles. The molecule has 0 unspecified atom stereocenters. The molecule has 0 radical (unpaired) electrons. The Kier molecular flexibility index (Phi) is 8.22. The van der Waals surface area contributed by atoms with E-state index in [0.29, 0.717) is 17.5 Å². The van der Waals surface area contributed by atoms with Gasteiger partial charge in [-0.05, 0) is 104 Å². The smallest absolute Gasteiger partial charge is 0.321 e.